The van der Waals surface area contributed by atoms with E-state index in [0.29, 0.717) is 6.42 Å². The highest BCUT2D eigenvalue weighted by Gasteiger charge is 2.11. The van der Waals surface area contributed by atoms with Gasteiger partial charge in [-0.15, -0.1) is 11.6 Å². The van der Waals surface area contributed by atoms with E-state index in [1.807, 2.05) is 0 Å². The molecule has 0 spiro atoms. The summed E-state index contributed by atoms with van der Waals surface area (Å²) in [6, 6.07) is 0. The lowest BCUT2D eigenvalue weighted by Crippen LogP contribution is -2.26. The number of alkyl halides is 1. The van der Waals surface area contributed by atoms with Crippen LogP contribution in [-0.2, 0) is 4.79 Å². The largest absolute Gasteiger partial charge is 0.465 e. The molecule has 0 fully saturated rings. The third kappa shape index (κ3) is 6.16. The second-order valence-electron chi connectivity index (χ2n) is 2.39. The summed E-state index contributed by atoms with van der Waals surface area (Å²) in [4.78, 5) is 21.0. The van der Waals surface area contributed by atoms with Crippen LogP contribution in [-0.4, -0.2) is 28.9 Å². The summed E-state index contributed by atoms with van der Waals surface area (Å²) in [5, 5.41) is 9.69. The molecule has 0 saturated carbocycles. The van der Waals surface area contributed by atoms with Crippen LogP contribution in [0, 0.1) is 0 Å². The van der Waals surface area contributed by atoms with E-state index in [9.17, 15) is 9.59 Å². The zero-order valence-corrected chi connectivity index (χ0v) is 8.04. The number of carboxylic acid groups (broad SMARTS) is 1. The number of halogens is 1. The molecular formula is C8H12ClNO3. The van der Waals surface area contributed by atoms with Crippen LogP contribution in [0.1, 0.15) is 13.3 Å². The second-order valence-corrected chi connectivity index (χ2v) is 2.92. The maximum atomic E-state index is 11.0. The van der Waals surface area contributed by atoms with Crippen LogP contribution in [0.15, 0.2) is 12.2 Å². The van der Waals surface area contributed by atoms with E-state index < -0.39 is 11.5 Å². The molecule has 0 aromatic rings. The predicted octanol–water partition coefficient (Wildman–Crippen LogP) is 1.40. The molecule has 0 aliphatic rings. The fourth-order valence-corrected chi connectivity index (χ4v) is 0.899. The Kier molecular flexibility index (Phi) is 5.97. The molecule has 0 bridgehead atoms. The van der Waals surface area contributed by atoms with Crippen molar-refractivity contribution in [2.45, 2.75) is 18.7 Å². The van der Waals surface area contributed by atoms with Gasteiger partial charge in [0.1, 0.15) is 0 Å². The monoisotopic (exact) mass is 205 g/mol. The minimum Gasteiger partial charge on any atom is -0.465 e. The average Bonchev–Trinajstić information content (AvgIpc) is 2.04. The summed E-state index contributed by atoms with van der Waals surface area (Å²) in [5.41, 5.74) is 0. The number of allylic oxidation sites excluding steroid dienone is 2. The maximum absolute atomic E-state index is 11.0. The van der Waals surface area contributed by atoms with Crippen molar-refractivity contribution in [1.82, 2.24) is 5.32 Å². The molecule has 0 aromatic carbocycles. The van der Waals surface area contributed by atoms with E-state index in [-0.39, 0.29) is 12.3 Å². The van der Waals surface area contributed by atoms with E-state index in [1.54, 1.807) is 13.0 Å². The Hall–Kier alpha value is -1.03. The van der Waals surface area contributed by atoms with Crippen molar-refractivity contribution < 1.29 is 14.7 Å². The van der Waals surface area contributed by atoms with Crippen LogP contribution in [0.3, 0.4) is 0 Å². The van der Waals surface area contributed by atoms with Crippen LogP contribution >= 0.6 is 11.6 Å². The molecule has 13 heavy (non-hydrogen) atoms. The number of carbonyl (C=O) groups excluding carboxylic acids is 1. The standard InChI is InChI=1S/C8H12ClNO3/c1-2-3-7(11)6(9)4-5-10-8(12)13/h2-3,6,10H,4-5H2,1H3,(H,12,13). The molecule has 1 unspecified atom stereocenters. The number of rotatable bonds is 5. The van der Waals surface area contributed by atoms with Crippen molar-refractivity contribution in [2.24, 2.45) is 0 Å². The summed E-state index contributed by atoms with van der Waals surface area (Å²) in [7, 11) is 0. The summed E-state index contributed by atoms with van der Waals surface area (Å²) in [6.07, 6.45) is 2.17. The first-order valence-electron chi connectivity index (χ1n) is 3.85. The molecule has 1 amide bonds. The number of ketones is 1. The molecule has 0 aromatic heterocycles. The smallest absolute Gasteiger partial charge is 0.404 e. The Morgan fingerprint density at radius 2 is 2.23 bits per heavy atom. The number of hydrogen-bond acceptors (Lipinski definition) is 2. The first kappa shape index (κ1) is 12.0. The fraction of sp³-hybridized carbons (Fsp3) is 0.500. The Balaban J connectivity index is 3.67. The Labute approximate surface area is 81.6 Å². The third-order valence-electron chi connectivity index (χ3n) is 1.31. The van der Waals surface area contributed by atoms with Crippen molar-refractivity contribution in [3.63, 3.8) is 0 Å². The predicted molar refractivity (Wildman–Crippen MR) is 50.1 cm³/mol. The molecule has 4 nitrogen and oxygen atoms in total. The van der Waals surface area contributed by atoms with Gasteiger partial charge >= 0.3 is 6.09 Å². The van der Waals surface area contributed by atoms with Crippen LogP contribution in [0.4, 0.5) is 4.79 Å². The van der Waals surface area contributed by atoms with Crippen molar-refractivity contribution in [1.29, 1.82) is 0 Å². The second kappa shape index (κ2) is 6.48. The van der Waals surface area contributed by atoms with E-state index in [1.165, 1.54) is 6.08 Å². The average molecular weight is 206 g/mol. The Morgan fingerprint density at radius 3 is 2.69 bits per heavy atom. The van der Waals surface area contributed by atoms with Gasteiger partial charge in [-0.2, -0.15) is 0 Å². The van der Waals surface area contributed by atoms with Gasteiger partial charge < -0.3 is 10.4 Å². The van der Waals surface area contributed by atoms with Gasteiger partial charge in [0.25, 0.3) is 0 Å². The van der Waals surface area contributed by atoms with Gasteiger partial charge in [-0.05, 0) is 19.4 Å². The third-order valence-corrected chi connectivity index (χ3v) is 1.75. The molecule has 0 aliphatic carbocycles. The van der Waals surface area contributed by atoms with Crippen molar-refractivity contribution in [3.8, 4) is 0 Å². The molecular weight excluding hydrogens is 194 g/mol. The van der Waals surface area contributed by atoms with Gasteiger partial charge in [0.05, 0.1) is 5.38 Å². The normalized spacial score (nSPS) is 12.8. The molecule has 0 aliphatic heterocycles. The molecule has 0 heterocycles. The molecule has 0 saturated heterocycles. The molecule has 0 radical (unpaired) electrons. The number of carbonyl (C=O) groups is 2. The summed E-state index contributed by atoms with van der Waals surface area (Å²) >= 11 is 5.66. The lowest BCUT2D eigenvalue weighted by atomic mass is 10.2. The fourth-order valence-electron chi connectivity index (χ4n) is 0.717. The van der Waals surface area contributed by atoms with E-state index in [2.05, 4.69) is 5.32 Å². The Bertz CT molecular complexity index is 215. The number of amides is 1. The molecule has 2 N–H and O–H groups in total. The van der Waals surface area contributed by atoms with Crippen LogP contribution in [0.2, 0.25) is 0 Å². The zero-order valence-electron chi connectivity index (χ0n) is 7.29. The lowest BCUT2D eigenvalue weighted by molar-refractivity contribution is -0.114. The van der Waals surface area contributed by atoms with Crippen LogP contribution < -0.4 is 5.32 Å². The highest BCUT2D eigenvalue weighted by molar-refractivity contribution is 6.32. The molecule has 1 atom stereocenters. The van der Waals surface area contributed by atoms with E-state index in [0.717, 1.165) is 0 Å². The van der Waals surface area contributed by atoms with Gasteiger partial charge in [0.15, 0.2) is 5.78 Å². The Morgan fingerprint density at radius 1 is 1.62 bits per heavy atom. The molecule has 5 heteroatoms. The maximum Gasteiger partial charge on any atom is 0.404 e. The van der Waals surface area contributed by atoms with Crippen LogP contribution in [0.25, 0.3) is 0 Å². The highest BCUT2D eigenvalue weighted by atomic mass is 35.5. The topological polar surface area (TPSA) is 66.4 Å². The van der Waals surface area contributed by atoms with Crippen molar-refractivity contribution in [2.75, 3.05) is 6.54 Å². The van der Waals surface area contributed by atoms with Crippen LogP contribution in [0.5, 0.6) is 0 Å². The summed E-state index contributed by atoms with van der Waals surface area (Å²) in [6.45, 7) is 1.91. The molecule has 74 valence electrons. The molecule has 0 rings (SSSR count). The first-order chi connectivity index (χ1) is 6.07. The summed E-state index contributed by atoms with van der Waals surface area (Å²) in [5.74, 6) is -0.198. The quantitative estimate of drug-likeness (QED) is 0.527. The van der Waals surface area contributed by atoms with E-state index in [4.69, 9.17) is 16.7 Å². The zero-order chi connectivity index (χ0) is 10.3. The lowest BCUT2D eigenvalue weighted by Gasteiger charge is -2.04. The SMILES string of the molecule is CC=CC(=O)C(Cl)CCNC(=O)O. The first-order valence-corrected chi connectivity index (χ1v) is 4.29. The van der Waals surface area contributed by atoms with Gasteiger partial charge in [-0.25, -0.2) is 4.79 Å². The minimum atomic E-state index is -1.11. The van der Waals surface area contributed by atoms with Crippen molar-refractivity contribution in [3.05, 3.63) is 12.2 Å². The summed E-state index contributed by atoms with van der Waals surface area (Å²) < 4.78 is 0. The van der Waals surface area contributed by atoms with Gasteiger partial charge in [0.2, 0.25) is 0 Å². The van der Waals surface area contributed by atoms with Gasteiger partial charge in [-0.3, -0.25) is 4.79 Å². The highest BCUT2D eigenvalue weighted by Crippen LogP contribution is 2.03. The minimum absolute atomic E-state index is 0.187. The van der Waals surface area contributed by atoms with E-state index >= 15 is 0 Å². The van der Waals surface area contributed by atoms with Gasteiger partial charge in [0, 0.05) is 6.54 Å². The van der Waals surface area contributed by atoms with Gasteiger partial charge in [-0.1, -0.05) is 6.08 Å². The van der Waals surface area contributed by atoms with Crippen molar-refractivity contribution >= 4 is 23.5 Å². The number of hydrogen-bond donors (Lipinski definition) is 2. The number of nitrogens with one attached hydrogen (secondary N) is 1.